The molecule has 0 spiro atoms. The number of nitrogens with zero attached hydrogens (tertiary/aromatic N) is 3. The minimum Gasteiger partial charge on any atom is -0.484 e. The Morgan fingerprint density at radius 3 is 2.57 bits per heavy atom. The Morgan fingerprint density at radius 2 is 1.83 bits per heavy atom. The molecule has 0 aliphatic carbocycles. The smallest absolute Gasteiger partial charge is 0.263 e. The van der Waals surface area contributed by atoms with E-state index in [0.29, 0.717) is 11.6 Å². The average molecular weight is 402 g/mol. The van der Waals surface area contributed by atoms with Gasteiger partial charge < -0.3 is 10.1 Å². The van der Waals surface area contributed by atoms with E-state index in [4.69, 9.17) is 9.72 Å². The van der Waals surface area contributed by atoms with E-state index in [1.807, 2.05) is 48.0 Å². The molecule has 0 saturated heterocycles. The Labute approximate surface area is 175 Å². The number of nitrogens with one attached hydrogen (secondary N) is 1. The first-order chi connectivity index (χ1) is 14.4. The average Bonchev–Trinajstić information content (AvgIpc) is 3.08. The molecule has 2 heterocycles. The molecule has 0 radical (unpaired) electrons. The third-order valence-corrected chi connectivity index (χ3v) is 5.29. The number of ether oxygens (including phenoxy) is 1. The van der Waals surface area contributed by atoms with Crippen molar-refractivity contribution in [1.82, 2.24) is 14.8 Å². The molecule has 30 heavy (non-hydrogen) atoms. The van der Waals surface area contributed by atoms with E-state index < -0.39 is 0 Å². The van der Waals surface area contributed by atoms with Crippen molar-refractivity contribution in [1.29, 1.82) is 0 Å². The summed E-state index contributed by atoms with van der Waals surface area (Å²) in [5.74, 6) is 0.920. The van der Waals surface area contributed by atoms with Crippen molar-refractivity contribution < 1.29 is 9.53 Å². The van der Waals surface area contributed by atoms with Crippen molar-refractivity contribution >= 4 is 33.7 Å². The zero-order chi connectivity index (χ0) is 21.3. The van der Waals surface area contributed by atoms with Gasteiger partial charge in [0.15, 0.2) is 18.1 Å². The van der Waals surface area contributed by atoms with E-state index in [9.17, 15) is 4.79 Å². The van der Waals surface area contributed by atoms with Gasteiger partial charge in [0.05, 0.1) is 16.9 Å². The van der Waals surface area contributed by atoms with Crippen molar-refractivity contribution in [3.63, 3.8) is 0 Å². The molecule has 1 N–H and O–H groups in total. The molecule has 0 bridgehead atoms. The van der Waals surface area contributed by atoms with Crippen LogP contribution in [0.2, 0.25) is 0 Å². The van der Waals surface area contributed by atoms with Gasteiger partial charge in [0, 0.05) is 5.39 Å². The number of benzene rings is 2. The summed E-state index contributed by atoms with van der Waals surface area (Å²) in [4.78, 5) is 17.4. The van der Waals surface area contributed by atoms with Crippen LogP contribution in [0.5, 0.6) is 5.75 Å². The van der Waals surface area contributed by atoms with E-state index in [1.54, 1.807) is 0 Å². The second-order valence-corrected chi connectivity index (χ2v) is 7.76. The van der Waals surface area contributed by atoms with Crippen molar-refractivity contribution in [2.24, 2.45) is 0 Å². The lowest BCUT2D eigenvalue weighted by atomic mass is 10.1. The molecule has 4 aromatic rings. The first-order valence-electron chi connectivity index (χ1n) is 10.2. The van der Waals surface area contributed by atoms with Gasteiger partial charge in [0.2, 0.25) is 0 Å². The minimum absolute atomic E-state index is 0.0825. The summed E-state index contributed by atoms with van der Waals surface area (Å²) in [6, 6.07) is 16.0. The van der Waals surface area contributed by atoms with Gasteiger partial charge in [-0.1, -0.05) is 36.2 Å². The predicted octanol–water partition coefficient (Wildman–Crippen LogP) is 5.19. The van der Waals surface area contributed by atoms with Gasteiger partial charge in [-0.05, 0) is 57.5 Å². The Bertz CT molecular complexity index is 1210. The lowest BCUT2D eigenvalue weighted by Gasteiger charge is -2.10. The maximum Gasteiger partial charge on any atom is 0.263 e. The van der Waals surface area contributed by atoms with Gasteiger partial charge >= 0.3 is 0 Å². The van der Waals surface area contributed by atoms with Crippen LogP contribution in [0.1, 0.15) is 37.4 Å². The maximum absolute atomic E-state index is 12.6. The number of fused-ring (bicyclic) bond motifs is 2. The molecular formula is C24H26N4O2. The van der Waals surface area contributed by atoms with Crippen LogP contribution in [-0.2, 0) is 4.79 Å². The van der Waals surface area contributed by atoms with Crippen LogP contribution in [0.25, 0.3) is 21.9 Å². The highest BCUT2D eigenvalue weighted by Crippen LogP contribution is 2.29. The Kier molecular flexibility index (Phi) is 5.40. The van der Waals surface area contributed by atoms with Crippen molar-refractivity contribution in [3.8, 4) is 5.75 Å². The van der Waals surface area contributed by atoms with Crippen LogP contribution in [0, 0.1) is 13.8 Å². The summed E-state index contributed by atoms with van der Waals surface area (Å²) in [5.41, 5.74) is 3.99. The Balaban J connectivity index is 1.64. The molecule has 2 aromatic carbocycles. The number of hydrogen-bond donors (Lipinski definition) is 1. The van der Waals surface area contributed by atoms with Gasteiger partial charge in [0.25, 0.3) is 5.91 Å². The maximum atomic E-state index is 12.6. The summed E-state index contributed by atoms with van der Waals surface area (Å²) in [6.07, 6.45) is 0.911. The van der Waals surface area contributed by atoms with Crippen molar-refractivity contribution in [2.45, 2.75) is 40.2 Å². The zero-order valence-corrected chi connectivity index (χ0v) is 17.8. The lowest BCUT2D eigenvalue weighted by Crippen LogP contribution is -2.20. The zero-order valence-electron chi connectivity index (χ0n) is 17.8. The molecule has 0 unspecified atom stereocenters. The summed E-state index contributed by atoms with van der Waals surface area (Å²) in [6.45, 7) is 8.18. The normalized spacial score (nSPS) is 12.3. The van der Waals surface area contributed by atoms with E-state index >= 15 is 0 Å². The third kappa shape index (κ3) is 3.99. The lowest BCUT2D eigenvalue weighted by molar-refractivity contribution is -0.118. The third-order valence-electron chi connectivity index (χ3n) is 5.29. The summed E-state index contributed by atoms with van der Waals surface area (Å²) in [5, 5.41) is 9.44. The number of pyridine rings is 1. The number of aryl methyl sites for hydroxylation is 2. The number of hydrogen-bond acceptors (Lipinski definition) is 4. The fourth-order valence-electron chi connectivity index (χ4n) is 3.37. The molecule has 2 aromatic heterocycles. The topological polar surface area (TPSA) is 69.0 Å². The molecule has 6 heteroatoms. The molecule has 0 saturated carbocycles. The monoisotopic (exact) mass is 402 g/mol. The minimum atomic E-state index is -0.254. The van der Waals surface area contributed by atoms with Gasteiger partial charge in [-0.3, -0.25) is 4.79 Å². The first kappa shape index (κ1) is 19.9. The molecule has 6 nitrogen and oxygen atoms in total. The summed E-state index contributed by atoms with van der Waals surface area (Å²) in [7, 11) is 0. The summed E-state index contributed by atoms with van der Waals surface area (Å²) < 4.78 is 7.50. The van der Waals surface area contributed by atoms with Gasteiger partial charge in [-0.25, -0.2) is 9.67 Å². The fourth-order valence-corrected chi connectivity index (χ4v) is 3.37. The first-order valence-corrected chi connectivity index (χ1v) is 10.2. The predicted molar refractivity (Wildman–Crippen MR) is 120 cm³/mol. The van der Waals surface area contributed by atoms with Crippen molar-refractivity contribution in [3.05, 3.63) is 59.7 Å². The number of aromatic nitrogens is 3. The van der Waals surface area contributed by atoms with Gasteiger partial charge in [-0.15, -0.1) is 0 Å². The molecule has 1 atom stereocenters. The quantitative estimate of drug-likeness (QED) is 0.482. The largest absolute Gasteiger partial charge is 0.484 e. The number of carbonyl (C=O) groups is 1. The van der Waals surface area contributed by atoms with Crippen molar-refractivity contribution in [2.75, 3.05) is 11.9 Å². The SMILES string of the molecule is CC[C@@H](C)n1nc(NC(=O)COc2ccc(C)cc2)c2cc3cc(C)ccc3nc21. The van der Waals surface area contributed by atoms with Crippen LogP contribution in [-0.4, -0.2) is 27.3 Å². The summed E-state index contributed by atoms with van der Waals surface area (Å²) >= 11 is 0. The molecule has 154 valence electrons. The van der Waals surface area contributed by atoms with E-state index in [0.717, 1.165) is 39.5 Å². The molecular weight excluding hydrogens is 376 g/mol. The Morgan fingerprint density at radius 1 is 1.10 bits per heavy atom. The number of anilines is 1. The van der Waals surface area contributed by atoms with Crippen LogP contribution in [0.4, 0.5) is 5.82 Å². The number of carbonyl (C=O) groups excluding carboxylic acids is 1. The fraction of sp³-hybridized carbons (Fsp3) is 0.292. The Hall–Kier alpha value is -3.41. The highest BCUT2D eigenvalue weighted by atomic mass is 16.5. The number of rotatable bonds is 6. The molecule has 0 aliphatic heterocycles. The standard InChI is InChI=1S/C24H26N4O2/c1-5-17(4)28-24-20(13-18-12-16(3)8-11-21(18)25-24)23(27-28)26-22(29)14-30-19-9-6-15(2)7-10-19/h6-13,17H,5,14H2,1-4H3,(H,26,27,29)/t17-/m1/s1. The van der Waals surface area contributed by atoms with Crippen LogP contribution in [0.15, 0.2) is 48.5 Å². The van der Waals surface area contributed by atoms with Gasteiger partial charge in [-0.2, -0.15) is 5.10 Å². The second-order valence-electron chi connectivity index (χ2n) is 7.76. The van der Waals surface area contributed by atoms with E-state index in [-0.39, 0.29) is 18.6 Å². The van der Waals surface area contributed by atoms with E-state index in [2.05, 4.69) is 43.3 Å². The van der Waals surface area contributed by atoms with Crippen LogP contribution >= 0.6 is 0 Å². The molecule has 4 rings (SSSR count). The molecule has 0 aliphatic rings. The number of amides is 1. The van der Waals surface area contributed by atoms with Crippen LogP contribution in [0.3, 0.4) is 0 Å². The van der Waals surface area contributed by atoms with E-state index in [1.165, 1.54) is 0 Å². The van der Waals surface area contributed by atoms with Gasteiger partial charge in [0.1, 0.15) is 5.75 Å². The highest BCUT2D eigenvalue weighted by Gasteiger charge is 2.18. The second kappa shape index (κ2) is 8.14. The molecule has 1 amide bonds. The molecule has 0 fully saturated rings. The van der Waals surface area contributed by atoms with Crippen LogP contribution < -0.4 is 10.1 Å². The highest BCUT2D eigenvalue weighted by molar-refractivity contribution is 6.03.